The number of nitrogens with one attached hydrogen (secondary N) is 1. The molecule has 1 amide bonds. The van der Waals surface area contributed by atoms with Crippen LogP contribution in [0.25, 0.3) is 0 Å². The molecule has 8 heteroatoms. The van der Waals surface area contributed by atoms with E-state index < -0.39 is 17.7 Å². The first-order valence-corrected chi connectivity index (χ1v) is 6.62. The fourth-order valence-electron chi connectivity index (χ4n) is 1.39. The van der Waals surface area contributed by atoms with Crippen LogP contribution in [0.4, 0.5) is 9.52 Å². The van der Waals surface area contributed by atoms with Crippen molar-refractivity contribution in [3.63, 3.8) is 0 Å². The molecule has 0 radical (unpaired) electrons. The molecule has 0 aliphatic carbocycles. The first kappa shape index (κ1) is 14.9. The van der Waals surface area contributed by atoms with E-state index in [9.17, 15) is 14.0 Å². The Labute approximate surface area is 123 Å². The van der Waals surface area contributed by atoms with Gasteiger partial charge in [0, 0.05) is 6.07 Å². The lowest BCUT2D eigenvalue weighted by Crippen LogP contribution is -2.20. The number of nitrogens with zero attached hydrogens (tertiary/aromatic N) is 1. The van der Waals surface area contributed by atoms with Crippen molar-refractivity contribution in [3.8, 4) is 5.75 Å². The second kappa shape index (κ2) is 6.80. The van der Waals surface area contributed by atoms with Crippen LogP contribution in [0.15, 0.2) is 30.5 Å². The molecule has 2 aromatic rings. The number of hydrogen-bond acceptors (Lipinski definition) is 6. The summed E-state index contributed by atoms with van der Waals surface area (Å²) in [4.78, 5) is 27.0. The van der Waals surface area contributed by atoms with Crippen LogP contribution in [0, 0.1) is 5.82 Å². The number of carbonyl (C=O) groups is 2. The molecule has 0 fully saturated rings. The fraction of sp³-hybridized carbons (Fsp3) is 0.154. The van der Waals surface area contributed by atoms with E-state index in [4.69, 9.17) is 4.74 Å². The molecular weight excluding hydrogens is 299 g/mol. The van der Waals surface area contributed by atoms with Gasteiger partial charge in [-0.15, -0.1) is 0 Å². The summed E-state index contributed by atoms with van der Waals surface area (Å²) < 4.78 is 22.6. The SMILES string of the molecule is COC(=O)c1cnc(NC(=O)COc2cccc(F)c2)s1. The zero-order chi connectivity index (χ0) is 15.2. The lowest BCUT2D eigenvalue weighted by Gasteiger charge is -2.05. The van der Waals surface area contributed by atoms with Gasteiger partial charge in [-0.2, -0.15) is 0 Å². The summed E-state index contributed by atoms with van der Waals surface area (Å²) in [5, 5.41) is 2.72. The summed E-state index contributed by atoms with van der Waals surface area (Å²) in [7, 11) is 1.26. The molecule has 0 saturated carbocycles. The highest BCUT2D eigenvalue weighted by molar-refractivity contribution is 7.17. The minimum absolute atomic E-state index is 0.250. The van der Waals surface area contributed by atoms with Gasteiger partial charge >= 0.3 is 5.97 Å². The monoisotopic (exact) mass is 310 g/mol. The molecule has 6 nitrogen and oxygen atoms in total. The first-order valence-electron chi connectivity index (χ1n) is 5.81. The van der Waals surface area contributed by atoms with Crippen molar-refractivity contribution in [2.45, 2.75) is 0 Å². The number of anilines is 1. The Balaban J connectivity index is 1.87. The minimum Gasteiger partial charge on any atom is -0.484 e. The van der Waals surface area contributed by atoms with Crippen LogP contribution in [0.2, 0.25) is 0 Å². The average molecular weight is 310 g/mol. The molecule has 0 bridgehead atoms. The molecule has 0 aliphatic heterocycles. The zero-order valence-corrected chi connectivity index (χ0v) is 11.8. The topological polar surface area (TPSA) is 77.5 Å². The van der Waals surface area contributed by atoms with E-state index in [0.717, 1.165) is 11.3 Å². The van der Waals surface area contributed by atoms with Crippen molar-refractivity contribution in [2.75, 3.05) is 19.0 Å². The van der Waals surface area contributed by atoms with Gasteiger partial charge in [-0.05, 0) is 12.1 Å². The van der Waals surface area contributed by atoms with Gasteiger partial charge in [-0.25, -0.2) is 14.2 Å². The molecule has 21 heavy (non-hydrogen) atoms. The fourth-order valence-corrected chi connectivity index (χ4v) is 2.14. The molecule has 110 valence electrons. The molecule has 1 N–H and O–H groups in total. The van der Waals surface area contributed by atoms with E-state index in [1.807, 2.05) is 0 Å². The van der Waals surface area contributed by atoms with Gasteiger partial charge < -0.3 is 9.47 Å². The van der Waals surface area contributed by atoms with Crippen LogP contribution in [0.5, 0.6) is 5.75 Å². The number of esters is 1. The quantitative estimate of drug-likeness (QED) is 0.856. The molecule has 1 aromatic carbocycles. The summed E-state index contributed by atoms with van der Waals surface area (Å²) >= 11 is 0.985. The Morgan fingerprint density at radius 2 is 2.24 bits per heavy atom. The predicted octanol–water partition coefficient (Wildman–Crippen LogP) is 2.09. The number of carbonyl (C=O) groups excluding carboxylic acids is 2. The van der Waals surface area contributed by atoms with Gasteiger partial charge in [0.25, 0.3) is 5.91 Å². The summed E-state index contributed by atoms with van der Waals surface area (Å²) in [5.74, 6) is -1.19. The predicted molar refractivity (Wildman–Crippen MR) is 74.0 cm³/mol. The second-order valence-electron chi connectivity index (χ2n) is 3.82. The number of hydrogen-bond donors (Lipinski definition) is 1. The van der Waals surface area contributed by atoms with Gasteiger partial charge in [0.05, 0.1) is 13.3 Å². The third-order valence-corrected chi connectivity index (χ3v) is 3.20. The number of halogens is 1. The van der Waals surface area contributed by atoms with Crippen LogP contribution >= 0.6 is 11.3 Å². The maximum absolute atomic E-state index is 12.9. The lowest BCUT2D eigenvalue weighted by molar-refractivity contribution is -0.118. The van der Waals surface area contributed by atoms with Crippen LogP contribution < -0.4 is 10.1 Å². The van der Waals surface area contributed by atoms with E-state index in [1.165, 1.54) is 37.6 Å². The molecule has 0 aliphatic rings. The molecule has 1 aromatic heterocycles. The number of benzene rings is 1. The lowest BCUT2D eigenvalue weighted by atomic mass is 10.3. The van der Waals surface area contributed by atoms with E-state index in [2.05, 4.69) is 15.0 Å². The number of methoxy groups -OCH3 is 1. The number of thiazole rings is 1. The Bertz CT molecular complexity index is 659. The molecular formula is C13H11FN2O4S. The van der Waals surface area contributed by atoms with Crippen LogP contribution in [0.3, 0.4) is 0 Å². The van der Waals surface area contributed by atoms with Gasteiger partial charge in [-0.3, -0.25) is 10.1 Å². The first-order chi connectivity index (χ1) is 10.1. The van der Waals surface area contributed by atoms with E-state index in [1.54, 1.807) is 0 Å². The van der Waals surface area contributed by atoms with Crippen LogP contribution in [0.1, 0.15) is 9.67 Å². The third-order valence-electron chi connectivity index (χ3n) is 2.30. The second-order valence-corrected chi connectivity index (χ2v) is 4.85. The molecule has 0 spiro atoms. The third kappa shape index (κ3) is 4.25. The number of amides is 1. The average Bonchev–Trinajstić information content (AvgIpc) is 2.93. The van der Waals surface area contributed by atoms with Crippen LogP contribution in [-0.2, 0) is 9.53 Å². The summed E-state index contributed by atoms with van der Waals surface area (Å²) in [6, 6.07) is 5.46. The minimum atomic E-state index is -0.524. The van der Waals surface area contributed by atoms with Crippen molar-refractivity contribution in [3.05, 3.63) is 41.2 Å². The highest BCUT2D eigenvalue weighted by atomic mass is 32.1. The van der Waals surface area contributed by atoms with Gasteiger partial charge in [0.15, 0.2) is 11.7 Å². The van der Waals surface area contributed by atoms with Gasteiger partial charge in [-0.1, -0.05) is 17.4 Å². The van der Waals surface area contributed by atoms with Gasteiger partial charge in [0.1, 0.15) is 16.4 Å². The number of aromatic nitrogens is 1. The van der Waals surface area contributed by atoms with E-state index in [0.29, 0.717) is 0 Å². The van der Waals surface area contributed by atoms with Crippen molar-refractivity contribution in [1.82, 2.24) is 4.98 Å². The smallest absolute Gasteiger partial charge is 0.349 e. The maximum atomic E-state index is 12.9. The van der Waals surface area contributed by atoms with Crippen LogP contribution in [-0.4, -0.2) is 30.6 Å². The largest absolute Gasteiger partial charge is 0.484 e. The molecule has 1 heterocycles. The van der Waals surface area contributed by atoms with Crippen molar-refractivity contribution < 1.29 is 23.5 Å². The van der Waals surface area contributed by atoms with Crippen molar-refractivity contribution >= 4 is 28.3 Å². The normalized spacial score (nSPS) is 10.0. The zero-order valence-electron chi connectivity index (χ0n) is 11.0. The highest BCUT2D eigenvalue weighted by Crippen LogP contribution is 2.18. The standard InChI is InChI=1S/C13H11FN2O4S/c1-19-12(18)10-6-15-13(21-10)16-11(17)7-20-9-4-2-3-8(14)5-9/h2-6H,7H2,1H3,(H,15,16,17). The Morgan fingerprint density at radius 1 is 1.43 bits per heavy atom. The summed E-state index contributed by atoms with van der Waals surface area (Å²) in [6.07, 6.45) is 1.31. The highest BCUT2D eigenvalue weighted by Gasteiger charge is 2.12. The van der Waals surface area contributed by atoms with Crippen molar-refractivity contribution in [1.29, 1.82) is 0 Å². The Kier molecular flexibility index (Phi) is 4.83. The number of rotatable bonds is 5. The molecule has 0 unspecified atom stereocenters. The van der Waals surface area contributed by atoms with E-state index in [-0.39, 0.29) is 22.4 Å². The Hall–Kier alpha value is -2.48. The summed E-state index contributed by atoms with van der Waals surface area (Å²) in [5.41, 5.74) is 0. The van der Waals surface area contributed by atoms with Gasteiger partial charge in [0.2, 0.25) is 0 Å². The van der Waals surface area contributed by atoms with E-state index >= 15 is 0 Å². The molecule has 0 atom stereocenters. The molecule has 0 saturated heterocycles. The number of ether oxygens (including phenoxy) is 2. The van der Waals surface area contributed by atoms with Crippen molar-refractivity contribution in [2.24, 2.45) is 0 Å². The summed E-state index contributed by atoms with van der Waals surface area (Å²) in [6.45, 7) is -0.295. The molecule has 2 rings (SSSR count). The maximum Gasteiger partial charge on any atom is 0.349 e. The Morgan fingerprint density at radius 3 is 2.95 bits per heavy atom.